The standard InChI is InChI=1S/C31H32FN5O4/c1-31(30-34-23-7-3-4-8-26(23)36(30)2)18-25(35-41-31)19-11-16-22-24(17-19)33-27(9-5-6-10-28(38)39)37(29(22)40)21-14-12-20(32)13-15-21/h11-17H,3-10,18H2,1-2H3,(H,38,39). The van der Waals surface area contributed by atoms with Crippen LogP contribution in [0.1, 0.15) is 74.0 Å². The maximum Gasteiger partial charge on any atom is 0.303 e. The monoisotopic (exact) mass is 557 g/mol. The Morgan fingerprint density at radius 2 is 1.88 bits per heavy atom. The van der Waals surface area contributed by atoms with Crippen molar-refractivity contribution in [1.82, 2.24) is 19.1 Å². The fraction of sp³-hybridized carbons (Fsp3) is 0.387. The number of benzene rings is 2. The molecule has 1 N–H and O–H groups in total. The summed E-state index contributed by atoms with van der Waals surface area (Å²) in [4.78, 5) is 40.5. The van der Waals surface area contributed by atoms with E-state index in [9.17, 15) is 14.0 Å². The number of aliphatic carboxylic acids is 1. The zero-order valence-corrected chi connectivity index (χ0v) is 23.2. The molecule has 10 heteroatoms. The highest BCUT2D eigenvalue weighted by Crippen LogP contribution is 2.37. The van der Waals surface area contributed by atoms with E-state index in [0.29, 0.717) is 48.1 Å². The predicted octanol–water partition coefficient (Wildman–Crippen LogP) is 4.97. The van der Waals surface area contributed by atoms with Crippen LogP contribution in [0.15, 0.2) is 52.4 Å². The SMILES string of the molecule is Cn1c(C2(C)CC(c3ccc4c(=O)n(-c5ccc(F)cc5)c(CCCCC(=O)O)nc4c3)=NO2)nc2c1CCCC2. The van der Waals surface area contributed by atoms with Crippen LogP contribution in [0.2, 0.25) is 0 Å². The van der Waals surface area contributed by atoms with Gasteiger partial charge in [-0.2, -0.15) is 0 Å². The van der Waals surface area contributed by atoms with E-state index in [1.807, 2.05) is 26.1 Å². The van der Waals surface area contributed by atoms with Crippen LogP contribution in [0.3, 0.4) is 0 Å². The van der Waals surface area contributed by atoms with Gasteiger partial charge in [0.05, 0.1) is 28.0 Å². The van der Waals surface area contributed by atoms with Crippen molar-refractivity contribution < 1.29 is 19.1 Å². The highest BCUT2D eigenvalue weighted by Gasteiger charge is 2.41. The summed E-state index contributed by atoms with van der Waals surface area (Å²) in [5, 5.41) is 13.9. The first kappa shape index (κ1) is 26.9. The zero-order valence-electron chi connectivity index (χ0n) is 23.2. The molecular weight excluding hydrogens is 525 g/mol. The van der Waals surface area contributed by atoms with Crippen LogP contribution in [-0.2, 0) is 41.5 Å². The minimum Gasteiger partial charge on any atom is -0.481 e. The molecule has 9 nitrogen and oxygen atoms in total. The Hall–Kier alpha value is -4.34. The van der Waals surface area contributed by atoms with Crippen molar-refractivity contribution in [1.29, 1.82) is 0 Å². The number of carbonyl (C=O) groups is 1. The maximum absolute atomic E-state index is 13.7. The van der Waals surface area contributed by atoms with Gasteiger partial charge in [0, 0.05) is 37.6 Å². The van der Waals surface area contributed by atoms with Crippen LogP contribution in [0.25, 0.3) is 16.6 Å². The number of imidazole rings is 1. The molecule has 41 heavy (non-hydrogen) atoms. The van der Waals surface area contributed by atoms with Crippen molar-refractivity contribution in [3.05, 3.63) is 87.2 Å². The minimum atomic E-state index is -0.866. The molecule has 0 fully saturated rings. The average molecular weight is 558 g/mol. The van der Waals surface area contributed by atoms with E-state index in [-0.39, 0.29) is 12.0 Å². The number of rotatable bonds is 8. The van der Waals surface area contributed by atoms with Crippen molar-refractivity contribution in [3.63, 3.8) is 0 Å². The summed E-state index contributed by atoms with van der Waals surface area (Å²) in [7, 11) is 2.04. The summed E-state index contributed by atoms with van der Waals surface area (Å²) in [6.45, 7) is 2.01. The highest BCUT2D eigenvalue weighted by molar-refractivity contribution is 6.03. The molecule has 212 valence electrons. The Balaban J connectivity index is 1.34. The average Bonchev–Trinajstić information content (AvgIpc) is 3.53. The van der Waals surface area contributed by atoms with Crippen LogP contribution in [0, 0.1) is 5.82 Å². The van der Waals surface area contributed by atoms with Gasteiger partial charge in [-0.25, -0.2) is 14.4 Å². The van der Waals surface area contributed by atoms with Gasteiger partial charge in [0.15, 0.2) is 11.4 Å². The molecule has 2 aromatic carbocycles. The van der Waals surface area contributed by atoms with Gasteiger partial charge < -0.3 is 14.5 Å². The Labute approximate surface area is 236 Å². The molecule has 6 rings (SSSR count). The van der Waals surface area contributed by atoms with Crippen molar-refractivity contribution in [2.45, 2.75) is 70.3 Å². The molecule has 0 spiro atoms. The van der Waals surface area contributed by atoms with Crippen LogP contribution < -0.4 is 5.56 Å². The van der Waals surface area contributed by atoms with Crippen LogP contribution in [0.5, 0.6) is 0 Å². The van der Waals surface area contributed by atoms with Gasteiger partial charge in [-0.05, 0) is 81.8 Å². The Kier molecular flexibility index (Phi) is 6.93. The zero-order chi connectivity index (χ0) is 28.7. The number of hydrogen-bond acceptors (Lipinski definition) is 6. The highest BCUT2D eigenvalue weighted by atomic mass is 19.1. The molecule has 2 aliphatic rings. The maximum atomic E-state index is 13.7. The number of nitrogens with zero attached hydrogens (tertiary/aromatic N) is 5. The van der Waals surface area contributed by atoms with E-state index in [0.717, 1.165) is 42.1 Å². The third kappa shape index (κ3) is 5.03. The number of unbranched alkanes of at least 4 members (excludes halogenated alkanes) is 1. The summed E-state index contributed by atoms with van der Waals surface area (Å²) in [5.74, 6) is 0.0901. The quantitative estimate of drug-likeness (QED) is 0.306. The number of oxime groups is 1. The number of carboxylic acid groups (broad SMARTS) is 1. The largest absolute Gasteiger partial charge is 0.481 e. The third-order valence-electron chi connectivity index (χ3n) is 8.11. The summed E-state index contributed by atoms with van der Waals surface area (Å²) in [6.07, 6.45) is 6.27. The molecule has 0 saturated carbocycles. The Morgan fingerprint density at radius 3 is 2.63 bits per heavy atom. The normalized spacial score (nSPS) is 18.3. The van der Waals surface area contributed by atoms with E-state index < -0.39 is 17.4 Å². The summed E-state index contributed by atoms with van der Waals surface area (Å²) in [6, 6.07) is 11.1. The van der Waals surface area contributed by atoms with E-state index in [4.69, 9.17) is 19.9 Å². The van der Waals surface area contributed by atoms with Gasteiger partial charge >= 0.3 is 5.97 Å². The fourth-order valence-corrected chi connectivity index (χ4v) is 5.97. The lowest BCUT2D eigenvalue weighted by atomic mass is 9.94. The number of fused-ring (bicyclic) bond motifs is 2. The predicted molar refractivity (Wildman–Crippen MR) is 152 cm³/mol. The first-order valence-corrected chi connectivity index (χ1v) is 14.1. The second-order valence-electron chi connectivity index (χ2n) is 11.1. The molecule has 0 amide bonds. The van der Waals surface area contributed by atoms with Crippen molar-refractivity contribution >= 4 is 22.6 Å². The van der Waals surface area contributed by atoms with Gasteiger partial charge in [0.25, 0.3) is 5.56 Å². The van der Waals surface area contributed by atoms with E-state index >= 15 is 0 Å². The summed E-state index contributed by atoms with van der Waals surface area (Å²) < 4.78 is 17.3. The number of aromatic nitrogens is 4. The molecule has 0 radical (unpaired) electrons. The lowest BCUT2D eigenvalue weighted by Gasteiger charge is -2.21. The number of hydrogen-bond donors (Lipinski definition) is 1. The molecule has 0 saturated heterocycles. The third-order valence-corrected chi connectivity index (χ3v) is 8.11. The number of halogens is 1. The van der Waals surface area contributed by atoms with Crippen molar-refractivity contribution in [2.24, 2.45) is 12.2 Å². The number of carboxylic acids is 1. The number of aryl methyl sites for hydroxylation is 2. The van der Waals surface area contributed by atoms with Crippen LogP contribution in [0.4, 0.5) is 4.39 Å². The molecule has 1 aliphatic carbocycles. The summed E-state index contributed by atoms with van der Waals surface area (Å²) in [5.41, 5.74) is 4.03. The molecule has 0 bridgehead atoms. The second kappa shape index (κ2) is 10.6. The second-order valence-corrected chi connectivity index (χ2v) is 11.1. The van der Waals surface area contributed by atoms with E-state index in [1.165, 1.54) is 28.8 Å². The van der Waals surface area contributed by atoms with Gasteiger partial charge in [-0.15, -0.1) is 0 Å². The Bertz CT molecular complexity index is 1740. The molecule has 4 aromatic rings. The minimum absolute atomic E-state index is 0.0378. The first-order valence-electron chi connectivity index (χ1n) is 14.1. The lowest BCUT2D eigenvalue weighted by Crippen LogP contribution is -2.27. The van der Waals surface area contributed by atoms with Gasteiger partial charge in [-0.3, -0.25) is 14.2 Å². The lowest BCUT2D eigenvalue weighted by molar-refractivity contribution is -0.137. The van der Waals surface area contributed by atoms with E-state index in [1.54, 1.807) is 18.2 Å². The fourth-order valence-electron chi connectivity index (χ4n) is 5.97. The van der Waals surface area contributed by atoms with Gasteiger partial charge in [0.2, 0.25) is 0 Å². The van der Waals surface area contributed by atoms with Crippen LogP contribution in [-0.4, -0.2) is 35.9 Å². The molecule has 1 unspecified atom stereocenters. The van der Waals surface area contributed by atoms with Crippen molar-refractivity contribution in [2.75, 3.05) is 0 Å². The molecule has 2 aromatic heterocycles. The molecule has 3 heterocycles. The molecule has 1 aliphatic heterocycles. The molecular formula is C31H32FN5O4. The smallest absolute Gasteiger partial charge is 0.303 e. The van der Waals surface area contributed by atoms with Gasteiger partial charge in [-0.1, -0.05) is 11.2 Å². The Morgan fingerprint density at radius 1 is 1.10 bits per heavy atom. The van der Waals surface area contributed by atoms with E-state index in [2.05, 4.69) is 9.72 Å². The van der Waals surface area contributed by atoms with Gasteiger partial charge in [0.1, 0.15) is 11.6 Å². The summed E-state index contributed by atoms with van der Waals surface area (Å²) >= 11 is 0. The van der Waals surface area contributed by atoms with Crippen molar-refractivity contribution in [3.8, 4) is 5.69 Å². The topological polar surface area (TPSA) is 112 Å². The van der Waals surface area contributed by atoms with Crippen LogP contribution >= 0.6 is 0 Å². The first-order chi connectivity index (χ1) is 19.7. The molecule has 1 atom stereocenters.